The van der Waals surface area contributed by atoms with Crippen LogP contribution < -0.4 is 14.8 Å². The van der Waals surface area contributed by atoms with Gasteiger partial charge in [-0.15, -0.1) is 0 Å². The van der Waals surface area contributed by atoms with Crippen LogP contribution in [0.15, 0.2) is 18.2 Å². The third-order valence-corrected chi connectivity index (χ3v) is 6.07. The molecule has 1 saturated heterocycles. The zero-order chi connectivity index (χ0) is 18.0. The summed E-state index contributed by atoms with van der Waals surface area (Å²) in [6.45, 7) is 1.29. The number of carbonyl (C=O) groups is 1. The maximum atomic E-state index is 12.8. The Morgan fingerprint density at radius 2 is 2.00 bits per heavy atom. The zero-order valence-corrected chi connectivity index (χ0v) is 15.2. The van der Waals surface area contributed by atoms with Gasteiger partial charge in [-0.3, -0.25) is 0 Å². The molecule has 0 saturated carbocycles. The van der Waals surface area contributed by atoms with E-state index in [9.17, 15) is 13.2 Å². The highest BCUT2D eigenvalue weighted by atomic mass is 32.2. The number of nitrogens with one attached hydrogen (secondary N) is 1. The van der Waals surface area contributed by atoms with Crippen LogP contribution in [0.4, 0.5) is 10.5 Å². The van der Waals surface area contributed by atoms with Crippen molar-refractivity contribution in [2.75, 3.05) is 50.8 Å². The highest BCUT2D eigenvalue weighted by Gasteiger charge is 2.34. The molecule has 0 bridgehead atoms. The molecule has 2 heterocycles. The van der Waals surface area contributed by atoms with Crippen LogP contribution in [0.25, 0.3) is 0 Å². The minimum Gasteiger partial charge on any atom is -0.454 e. The summed E-state index contributed by atoms with van der Waals surface area (Å²) < 4.78 is 34.2. The molecular formula is C16H23N3O5S. The van der Waals surface area contributed by atoms with Crippen molar-refractivity contribution >= 4 is 21.6 Å². The van der Waals surface area contributed by atoms with Gasteiger partial charge in [0, 0.05) is 30.9 Å². The normalized spacial score (nSPS) is 20.7. The fourth-order valence-corrected chi connectivity index (χ4v) is 4.68. The molecule has 0 aliphatic carbocycles. The summed E-state index contributed by atoms with van der Waals surface area (Å²) in [6.07, 6.45) is 0.477. The molecule has 2 amide bonds. The number of amides is 2. The van der Waals surface area contributed by atoms with Crippen LogP contribution in [0.5, 0.6) is 11.5 Å². The van der Waals surface area contributed by atoms with Crippen LogP contribution in [0.2, 0.25) is 0 Å². The number of hydrogen-bond donors (Lipinski definition) is 1. The number of anilines is 1. The average molecular weight is 369 g/mol. The second kappa shape index (κ2) is 7.09. The van der Waals surface area contributed by atoms with E-state index in [1.807, 2.05) is 19.0 Å². The first-order valence-corrected chi connectivity index (χ1v) is 9.98. The number of carbonyl (C=O) groups excluding carboxylic acids is 1. The lowest BCUT2D eigenvalue weighted by atomic mass is 10.2. The molecule has 1 N–H and O–H groups in total. The molecule has 2 aliphatic rings. The number of sulfone groups is 1. The highest BCUT2D eigenvalue weighted by Crippen LogP contribution is 2.34. The topological polar surface area (TPSA) is 88.2 Å². The van der Waals surface area contributed by atoms with E-state index in [0.29, 0.717) is 36.7 Å². The van der Waals surface area contributed by atoms with Gasteiger partial charge in [-0.25, -0.2) is 13.2 Å². The predicted octanol–water partition coefficient (Wildman–Crippen LogP) is 0.998. The monoisotopic (exact) mass is 369 g/mol. The molecule has 138 valence electrons. The SMILES string of the molecule is CN(C)CCN(C(=O)Nc1ccc2c(c1)OCO2)C1CCS(=O)(=O)C1. The van der Waals surface area contributed by atoms with E-state index in [2.05, 4.69) is 5.32 Å². The van der Waals surface area contributed by atoms with Crippen LogP contribution in [-0.2, 0) is 9.84 Å². The van der Waals surface area contributed by atoms with E-state index < -0.39 is 9.84 Å². The van der Waals surface area contributed by atoms with Crippen molar-refractivity contribution in [3.05, 3.63) is 18.2 Å². The van der Waals surface area contributed by atoms with Gasteiger partial charge in [-0.05, 0) is 32.6 Å². The molecule has 0 aromatic heterocycles. The van der Waals surface area contributed by atoms with E-state index in [4.69, 9.17) is 9.47 Å². The number of rotatable bonds is 5. The Kier molecular flexibility index (Phi) is 5.05. The summed E-state index contributed by atoms with van der Waals surface area (Å²) >= 11 is 0. The maximum Gasteiger partial charge on any atom is 0.322 e. The Labute approximate surface area is 147 Å². The zero-order valence-electron chi connectivity index (χ0n) is 14.4. The Hall–Kier alpha value is -2.00. The molecule has 9 heteroatoms. The second-order valence-electron chi connectivity index (χ2n) is 6.55. The first-order valence-electron chi connectivity index (χ1n) is 8.16. The Bertz CT molecular complexity index is 750. The molecular weight excluding hydrogens is 346 g/mol. The number of urea groups is 1. The lowest BCUT2D eigenvalue weighted by Crippen LogP contribution is -2.46. The van der Waals surface area contributed by atoms with Gasteiger partial charge >= 0.3 is 6.03 Å². The number of ether oxygens (including phenoxy) is 2. The van der Waals surface area contributed by atoms with Crippen molar-refractivity contribution in [1.29, 1.82) is 0 Å². The van der Waals surface area contributed by atoms with Crippen LogP contribution in [0.3, 0.4) is 0 Å². The minimum atomic E-state index is -3.07. The number of benzene rings is 1. The van der Waals surface area contributed by atoms with Crippen molar-refractivity contribution in [2.45, 2.75) is 12.5 Å². The number of hydrogen-bond acceptors (Lipinski definition) is 6. The molecule has 0 radical (unpaired) electrons. The van der Waals surface area contributed by atoms with E-state index in [1.165, 1.54) is 0 Å². The molecule has 25 heavy (non-hydrogen) atoms. The van der Waals surface area contributed by atoms with Crippen LogP contribution in [0, 0.1) is 0 Å². The van der Waals surface area contributed by atoms with Gasteiger partial charge in [0.05, 0.1) is 11.5 Å². The van der Waals surface area contributed by atoms with Crippen molar-refractivity contribution in [3.63, 3.8) is 0 Å². The largest absolute Gasteiger partial charge is 0.454 e. The molecule has 0 spiro atoms. The van der Waals surface area contributed by atoms with Crippen molar-refractivity contribution in [1.82, 2.24) is 9.80 Å². The Balaban J connectivity index is 1.72. The van der Waals surface area contributed by atoms with Gasteiger partial charge in [0.2, 0.25) is 6.79 Å². The van der Waals surface area contributed by atoms with E-state index in [0.717, 1.165) is 0 Å². The van der Waals surface area contributed by atoms with Gasteiger partial charge < -0.3 is 24.6 Å². The molecule has 1 aromatic carbocycles. The lowest BCUT2D eigenvalue weighted by Gasteiger charge is -2.29. The van der Waals surface area contributed by atoms with E-state index >= 15 is 0 Å². The van der Waals surface area contributed by atoms with Gasteiger partial charge in [-0.1, -0.05) is 0 Å². The third-order valence-electron chi connectivity index (χ3n) is 4.32. The van der Waals surface area contributed by atoms with Crippen LogP contribution in [-0.4, -0.2) is 75.8 Å². The molecule has 2 aliphatic heterocycles. The van der Waals surface area contributed by atoms with Crippen molar-refractivity contribution < 1.29 is 22.7 Å². The maximum absolute atomic E-state index is 12.8. The summed E-state index contributed by atoms with van der Waals surface area (Å²) in [5, 5.41) is 2.84. The summed E-state index contributed by atoms with van der Waals surface area (Å²) in [5.74, 6) is 1.38. The lowest BCUT2D eigenvalue weighted by molar-refractivity contribution is 0.174. The van der Waals surface area contributed by atoms with Gasteiger partial charge in [0.1, 0.15) is 0 Å². The Morgan fingerprint density at radius 1 is 1.24 bits per heavy atom. The van der Waals surface area contributed by atoms with Crippen molar-refractivity contribution in [2.24, 2.45) is 0 Å². The minimum absolute atomic E-state index is 0.0228. The van der Waals surface area contributed by atoms with Gasteiger partial charge in [0.25, 0.3) is 0 Å². The fourth-order valence-electron chi connectivity index (χ4n) is 2.95. The van der Waals surface area contributed by atoms with Crippen LogP contribution in [0.1, 0.15) is 6.42 Å². The quantitative estimate of drug-likeness (QED) is 0.833. The average Bonchev–Trinajstić information content (AvgIpc) is 3.13. The summed E-state index contributed by atoms with van der Waals surface area (Å²) in [6, 6.07) is 4.58. The molecule has 1 unspecified atom stereocenters. The molecule has 1 aromatic rings. The molecule has 8 nitrogen and oxygen atoms in total. The number of likely N-dealkylation sites (N-methyl/N-ethyl adjacent to an activating group) is 1. The predicted molar refractivity (Wildman–Crippen MR) is 93.9 cm³/mol. The molecule has 1 fully saturated rings. The standard InChI is InChI=1S/C16H23N3O5S/c1-18(2)6-7-19(13-5-8-25(21,22)10-13)16(20)17-12-3-4-14-15(9-12)24-11-23-14/h3-4,9,13H,5-8,10-11H2,1-2H3,(H,17,20). The smallest absolute Gasteiger partial charge is 0.322 e. The summed E-state index contributed by atoms with van der Waals surface area (Å²) in [5.41, 5.74) is 0.588. The number of fused-ring (bicyclic) bond motifs is 1. The van der Waals surface area contributed by atoms with E-state index in [1.54, 1.807) is 23.1 Å². The summed E-state index contributed by atoms with van der Waals surface area (Å²) in [7, 11) is 0.767. The Morgan fingerprint density at radius 3 is 2.68 bits per heavy atom. The van der Waals surface area contributed by atoms with Gasteiger partial charge in [0.15, 0.2) is 21.3 Å². The molecule has 3 rings (SSSR count). The highest BCUT2D eigenvalue weighted by molar-refractivity contribution is 7.91. The van der Waals surface area contributed by atoms with Crippen molar-refractivity contribution in [3.8, 4) is 11.5 Å². The second-order valence-corrected chi connectivity index (χ2v) is 8.78. The van der Waals surface area contributed by atoms with Crippen LogP contribution >= 0.6 is 0 Å². The number of nitrogens with zero attached hydrogens (tertiary/aromatic N) is 2. The molecule has 1 atom stereocenters. The fraction of sp³-hybridized carbons (Fsp3) is 0.562. The van der Waals surface area contributed by atoms with Gasteiger partial charge in [-0.2, -0.15) is 0 Å². The van der Waals surface area contributed by atoms with E-state index in [-0.39, 0.29) is 30.4 Å². The first-order chi connectivity index (χ1) is 11.8. The first kappa shape index (κ1) is 17.8. The summed E-state index contributed by atoms with van der Waals surface area (Å²) in [4.78, 5) is 16.3. The third kappa shape index (κ3) is 4.35.